The summed E-state index contributed by atoms with van der Waals surface area (Å²) in [6.07, 6.45) is -0.0370. The summed E-state index contributed by atoms with van der Waals surface area (Å²) in [7, 11) is 0. The van der Waals surface area contributed by atoms with E-state index in [0.717, 1.165) is 20.1 Å². The van der Waals surface area contributed by atoms with Gasteiger partial charge in [-0.25, -0.2) is 0 Å². The monoisotopic (exact) mass is 178 g/mol. The Kier molecular flexibility index (Phi) is 12.1. The third kappa shape index (κ3) is 22.8. The molecule has 0 rings (SSSR count). The van der Waals surface area contributed by atoms with E-state index < -0.39 is 5.97 Å². The molecule has 0 saturated heterocycles. The van der Waals surface area contributed by atoms with E-state index in [2.05, 4.69) is 0 Å². The lowest BCUT2D eigenvalue weighted by atomic mass is 10.7. The number of rotatable bonds is 4. The molecule has 4 heteroatoms. The van der Waals surface area contributed by atoms with Crippen LogP contribution < -0.4 is 0 Å². The zero-order valence-corrected chi connectivity index (χ0v) is 8.16. The van der Waals surface area contributed by atoms with Gasteiger partial charge in [-0.2, -0.15) is 0 Å². The van der Waals surface area contributed by atoms with E-state index in [-0.39, 0.29) is 6.29 Å². The predicted octanol–water partition coefficient (Wildman–Crippen LogP) is 1.50. The molecule has 0 aromatic heterocycles. The quantitative estimate of drug-likeness (QED) is 0.663. The van der Waals surface area contributed by atoms with Crippen LogP contribution in [0.2, 0.25) is 0 Å². The highest BCUT2D eigenvalue weighted by molar-refractivity contribution is 5.62. The van der Waals surface area contributed by atoms with Gasteiger partial charge in [0.25, 0.3) is 5.97 Å². The van der Waals surface area contributed by atoms with Gasteiger partial charge >= 0.3 is 0 Å². The first-order chi connectivity index (χ1) is 5.54. The standard InChI is InChI=1S/C6H14O2.C2H4O2/c1-4-7-6(3)8-5-2;1-2(3)4/h6H,4-5H2,1-3H3;1H3,(H,3,4). The topological polar surface area (TPSA) is 55.8 Å². The SMILES string of the molecule is CC(=O)O.CCOC(C)OCC. The molecule has 0 heterocycles. The average molecular weight is 178 g/mol. The van der Waals surface area contributed by atoms with E-state index in [1.807, 2.05) is 20.8 Å². The number of carbonyl (C=O) groups is 1. The average Bonchev–Trinajstić information content (AvgIpc) is 1.87. The number of hydrogen-bond acceptors (Lipinski definition) is 3. The maximum atomic E-state index is 9.00. The van der Waals surface area contributed by atoms with Gasteiger partial charge < -0.3 is 14.6 Å². The summed E-state index contributed by atoms with van der Waals surface area (Å²) in [5.74, 6) is -0.833. The van der Waals surface area contributed by atoms with Gasteiger partial charge in [-0.1, -0.05) is 0 Å². The lowest BCUT2D eigenvalue weighted by Crippen LogP contribution is -2.11. The fourth-order valence-corrected chi connectivity index (χ4v) is 0.518. The molecule has 74 valence electrons. The van der Waals surface area contributed by atoms with Gasteiger partial charge in [-0.3, -0.25) is 4.79 Å². The van der Waals surface area contributed by atoms with Gasteiger partial charge in [0, 0.05) is 20.1 Å². The lowest BCUT2D eigenvalue weighted by Gasteiger charge is -2.09. The second kappa shape index (κ2) is 10.4. The Labute approximate surface area is 73.5 Å². The molecule has 0 aliphatic rings. The Balaban J connectivity index is 0. The van der Waals surface area contributed by atoms with E-state index >= 15 is 0 Å². The molecule has 0 fully saturated rings. The fourth-order valence-electron chi connectivity index (χ4n) is 0.518. The first-order valence-corrected chi connectivity index (χ1v) is 3.97. The molecule has 0 amide bonds. The van der Waals surface area contributed by atoms with Gasteiger partial charge in [0.15, 0.2) is 6.29 Å². The van der Waals surface area contributed by atoms with Crippen molar-refractivity contribution in [3.8, 4) is 0 Å². The number of hydrogen-bond donors (Lipinski definition) is 1. The summed E-state index contributed by atoms with van der Waals surface area (Å²) in [6, 6.07) is 0. The summed E-state index contributed by atoms with van der Waals surface area (Å²) in [6.45, 7) is 8.33. The number of carboxylic acids is 1. The second-order valence-corrected chi connectivity index (χ2v) is 2.00. The Hall–Kier alpha value is -0.610. The molecule has 0 aliphatic carbocycles. The van der Waals surface area contributed by atoms with E-state index in [1.54, 1.807) is 0 Å². The Morgan fingerprint density at radius 3 is 1.75 bits per heavy atom. The zero-order valence-electron chi connectivity index (χ0n) is 8.16. The van der Waals surface area contributed by atoms with E-state index in [4.69, 9.17) is 19.4 Å². The normalized spacial score (nSPS) is 9.08. The molecule has 0 aliphatic heterocycles. The van der Waals surface area contributed by atoms with Gasteiger partial charge in [0.05, 0.1) is 0 Å². The molecular formula is C8H18O4. The van der Waals surface area contributed by atoms with Gasteiger partial charge in [-0.15, -0.1) is 0 Å². The largest absolute Gasteiger partial charge is 0.481 e. The first kappa shape index (κ1) is 13.9. The van der Waals surface area contributed by atoms with Gasteiger partial charge in [0.1, 0.15) is 0 Å². The lowest BCUT2D eigenvalue weighted by molar-refractivity contribution is -0.134. The van der Waals surface area contributed by atoms with Crippen LogP contribution in [0.1, 0.15) is 27.7 Å². The van der Waals surface area contributed by atoms with Gasteiger partial charge in [-0.05, 0) is 20.8 Å². The molecule has 0 spiro atoms. The minimum Gasteiger partial charge on any atom is -0.481 e. The van der Waals surface area contributed by atoms with Crippen molar-refractivity contribution in [1.29, 1.82) is 0 Å². The summed E-state index contributed by atoms with van der Waals surface area (Å²) in [5.41, 5.74) is 0. The molecular weight excluding hydrogens is 160 g/mol. The van der Waals surface area contributed by atoms with Crippen molar-refractivity contribution < 1.29 is 19.4 Å². The van der Waals surface area contributed by atoms with E-state index in [0.29, 0.717) is 0 Å². The Morgan fingerprint density at radius 1 is 1.33 bits per heavy atom. The van der Waals surface area contributed by atoms with Crippen molar-refractivity contribution in [2.75, 3.05) is 13.2 Å². The third-order valence-electron chi connectivity index (χ3n) is 0.803. The Bertz CT molecular complexity index is 93.2. The van der Waals surface area contributed by atoms with Crippen molar-refractivity contribution >= 4 is 5.97 Å². The number of ether oxygens (including phenoxy) is 2. The molecule has 0 bridgehead atoms. The molecule has 0 unspecified atom stereocenters. The molecule has 1 N–H and O–H groups in total. The predicted molar refractivity (Wildman–Crippen MR) is 46.0 cm³/mol. The smallest absolute Gasteiger partial charge is 0.300 e. The maximum Gasteiger partial charge on any atom is 0.300 e. The summed E-state index contributed by atoms with van der Waals surface area (Å²) in [4.78, 5) is 9.00. The van der Waals surface area contributed by atoms with Crippen LogP contribution in [0.15, 0.2) is 0 Å². The minimum atomic E-state index is -0.833. The van der Waals surface area contributed by atoms with Crippen LogP contribution in [0.3, 0.4) is 0 Å². The highest BCUT2D eigenvalue weighted by Gasteiger charge is 1.94. The molecule has 4 nitrogen and oxygen atoms in total. The van der Waals surface area contributed by atoms with Crippen LogP contribution in [0, 0.1) is 0 Å². The Morgan fingerprint density at radius 2 is 1.58 bits per heavy atom. The van der Waals surface area contributed by atoms with E-state index in [9.17, 15) is 0 Å². The first-order valence-electron chi connectivity index (χ1n) is 3.97. The fraction of sp³-hybridized carbons (Fsp3) is 0.875. The van der Waals surface area contributed by atoms with Crippen molar-refractivity contribution in [3.63, 3.8) is 0 Å². The van der Waals surface area contributed by atoms with Crippen molar-refractivity contribution in [2.45, 2.75) is 34.0 Å². The number of aliphatic carboxylic acids is 1. The summed E-state index contributed by atoms with van der Waals surface area (Å²) < 4.78 is 10.1. The van der Waals surface area contributed by atoms with Crippen LogP contribution in [-0.2, 0) is 14.3 Å². The molecule has 0 radical (unpaired) electrons. The van der Waals surface area contributed by atoms with Crippen LogP contribution >= 0.6 is 0 Å². The highest BCUT2D eigenvalue weighted by atomic mass is 16.7. The van der Waals surface area contributed by atoms with Crippen LogP contribution in [-0.4, -0.2) is 30.6 Å². The van der Waals surface area contributed by atoms with Crippen LogP contribution in [0.25, 0.3) is 0 Å². The molecule has 0 atom stereocenters. The van der Waals surface area contributed by atoms with Crippen molar-refractivity contribution in [1.82, 2.24) is 0 Å². The number of carboxylic acid groups (broad SMARTS) is 1. The second-order valence-electron chi connectivity index (χ2n) is 2.00. The van der Waals surface area contributed by atoms with Crippen LogP contribution in [0.5, 0.6) is 0 Å². The van der Waals surface area contributed by atoms with E-state index in [1.165, 1.54) is 0 Å². The minimum absolute atomic E-state index is 0.0370. The molecule has 12 heavy (non-hydrogen) atoms. The summed E-state index contributed by atoms with van der Waals surface area (Å²) in [5, 5.41) is 7.42. The zero-order chi connectivity index (χ0) is 9.98. The van der Waals surface area contributed by atoms with Crippen molar-refractivity contribution in [3.05, 3.63) is 0 Å². The summed E-state index contributed by atoms with van der Waals surface area (Å²) >= 11 is 0. The molecule has 0 aromatic carbocycles. The third-order valence-corrected chi connectivity index (χ3v) is 0.803. The molecule has 0 aromatic rings. The maximum absolute atomic E-state index is 9.00. The van der Waals surface area contributed by atoms with Crippen LogP contribution in [0.4, 0.5) is 0 Å². The van der Waals surface area contributed by atoms with Gasteiger partial charge in [0.2, 0.25) is 0 Å². The highest BCUT2D eigenvalue weighted by Crippen LogP contribution is 1.90. The van der Waals surface area contributed by atoms with Crippen molar-refractivity contribution in [2.24, 2.45) is 0 Å². The molecule has 0 saturated carbocycles.